The summed E-state index contributed by atoms with van der Waals surface area (Å²) in [6, 6.07) is 6.62. The van der Waals surface area contributed by atoms with E-state index < -0.39 is 0 Å². The largest absolute Gasteiger partial charge is 0.389 e. The second kappa shape index (κ2) is 8.16. The molecule has 3 N–H and O–H groups in total. The average Bonchev–Trinajstić information content (AvgIpc) is 2.34. The third-order valence-electron chi connectivity index (χ3n) is 3.33. The molecule has 1 atom stereocenters. The molecule has 1 unspecified atom stereocenters. The fourth-order valence-electron chi connectivity index (χ4n) is 2.21. The molecular weight excluding hydrogens is 252 g/mol. The fraction of sp³-hybridized carbons (Fsp3) is 0.562. The summed E-state index contributed by atoms with van der Waals surface area (Å²) in [5.74, 6) is 0. The van der Waals surface area contributed by atoms with E-state index in [-0.39, 0.29) is 0 Å². The van der Waals surface area contributed by atoms with Gasteiger partial charge in [-0.2, -0.15) is 0 Å². The summed E-state index contributed by atoms with van der Waals surface area (Å²) < 4.78 is 0. The van der Waals surface area contributed by atoms with E-state index in [1.54, 1.807) is 0 Å². The molecule has 0 aliphatic rings. The van der Waals surface area contributed by atoms with Gasteiger partial charge in [-0.1, -0.05) is 50.9 Å². The fourth-order valence-corrected chi connectivity index (χ4v) is 2.39. The van der Waals surface area contributed by atoms with Crippen LogP contribution in [0.2, 0.25) is 0 Å². The molecular formula is C16H26N2S. The number of aryl methyl sites for hydroxylation is 1. The van der Waals surface area contributed by atoms with E-state index in [9.17, 15) is 0 Å². The number of thiocarbonyl (C=S) groups is 1. The van der Waals surface area contributed by atoms with Crippen molar-refractivity contribution in [1.29, 1.82) is 0 Å². The Morgan fingerprint density at radius 3 is 2.68 bits per heavy atom. The van der Waals surface area contributed by atoms with Crippen molar-refractivity contribution in [3.8, 4) is 0 Å². The lowest BCUT2D eigenvalue weighted by Gasteiger charge is -2.18. The van der Waals surface area contributed by atoms with Gasteiger partial charge in [0.05, 0.1) is 0 Å². The average molecular weight is 278 g/mol. The molecule has 106 valence electrons. The van der Waals surface area contributed by atoms with E-state index in [0.29, 0.717) is 11.0 Å². The minimum absolute atomic E-state index is 0.451. The third kappa shape index (κ3) is 5.60. The highest BCUT2D eigenvalue weighted by Gasteiger charge is 2.08. The Hall–Kier alpha value is -1.09. The second-order valence-corrected chi connectivity index (χ2v) is 5.75. The predicted molar refractivity (Wildman–Crippen MR) is 88.9 cm³/mol. The number of unbranched alkanes of at least 4 members (excludes halogenated alkanes) is 3. The van der Waals surface area contributed by atoms with Gasteiger partial charge in [-0.3, -0.25) is 0 Å². The molecule has 2 nitrogen and oxygen atoms in total. The highest BCUT2D eigenvalue weighted by molar-refractivity contribution is 7.80. The number of nitrogens with one attached hydrogen (secondary N) is 1. The zero-order valence-electron chi connectivity index (χ0n) is 12.3. The molecule has 1 aromatic rings. The molecule has 0 aromatic heterocycles. The van der Waals surface area contributed by atoms with Gasteiger partial charge in [-0.05, 0) is 38.0 Å². The molecule has 0 saturated heterocycles. The van der Waals surface area contributed by atoms with Crippen LogP contribution in [0.25, 0.3) is 0 Å². The molecule has 0 bridgehead atoms. The van der Waals surface area contributed by atoms with Crippen LogP contribution in [0.5, 0.6) is 0 Å². The van der Waals surface area contributed by atoms with Crippen LogP contribution in [0.4, 0.5) is 5.69 Å². The van der Waals surface area contributed by atoms with E-state index in [0.717, 1.165) is 11.3 Å². The maximum absolute atomic E-state index is 5.77. The number of benzene rings is 1. The summed E-state index contributed by atoms with van der Waals surface area (Å²) in [4.78, 5) is 0.459. The smallest absolute Gasteiger partial charge is 0.106 e. The molecule has 0 aliphatic carbocycles. The Balaban J connectivity index is 2.60. The number of anilines is 1. The van der Waals surface area contributed by atoms with E-state index >= 15 is 0 Å². The van der Waals surface area contributed by atoms with Crippen LogP contribution in [0.15, 0.2) is 18.2 Å². The van der Waals surface area contributed by atoms with E-state index in [1.807, 2.05) is 12.1 Å². The first-order valence-corrected chi connectivity index (χ1v) is 7.62. The number of hydrogen-bond donors (Lipinski definition) is 2. The lowest BCUT2D eigenvalue weighted by atomic mass is 10.1. The van der Waals surface area contributed by atoms with Gasteiger partial charge in [-0.25, -0.2) is 0 Å². The lowest BCUT2D eigenvalue weighted by molar-refractivity contribution is 0.594. The molecule has 0 spiro atoms. The van der Waals surface area contributed by atoms with Gasteiger partial charge in [0.25, 0.3) is 0 Å². The van der Waals surface area contributed by atoms with Gasteiger partial charge in [0, 0.05) is 17.3 Å². The molecule has 0 saturated carbocycles. The summed E-state index contributed by atoms with van der Waals surface area (Å²) in [6.45, 7) is 6.54. The Bertz CT molecular complexity index is 415. The van der Waals surface area contributed by atoms with Crippen LogP contribution in [0.3, 0.4) is 0 Å². The van der Waals surface area contributed by atoms with Gasteiger partial charge in [0.15, 0.2) is 0 Å². The molecule has 3 heteroatoms. The third-order valence-corrected chi connectivity index (χ3v) is 3.55. The number of nitrogens with two attached hydrogens (primary N) is 1. The number of rotatable bonds is 8. The summed E-state index contributed by atoms with van der Waals surface area (Å²) >= 11 is 5.11. The van der Waals surface area contributed by atoms with Gasteiger partial charge in [0.2, 0.25) is 0 Å². The molecule has 0 heterocycles. The first kappa shape index (κ1) is 16.0. The number of hydrogen-bond acceptors (Lipinski definition) is 2. The first-order valence-electron chi connectivity index (χ1n) is 7.21. The minimum Gasteiger partial charge on any atom is -0.389 e. The molecule has 1 rings (SSSR count). The highest BCUT2D eigenvalue weighted by Crippen LogP contribution is 2.20. The summed E-state index contributed by atoms with van der Waals surface area (Å²) in [5, 5.41) is 3.54. The Morgan fingerprint density at radius 1 is 1.32 bits per heavy atom. The molecule has 0 radical (unpaired) electrons. The molecule has 1 aromatic carbocycles. The maximum Gasteiger partial charge on any atom is 0.106 e. The van der Waals surface area contributed by atoms with E-state index in [4.69, 9.17) is 18.0 Å². The maximum atomic E-state index is 5.77. The zero-order chi connectivity index (χ0) is 14.3. The van der Waals surface area contributed by atoms with Crippen molar-refractivity contribution in [1.82, 2.24) is 0 Å². The normalized spacial score (nSPS) is 12.2. The molecule has 0 fully saturated rings. The van der Waals surface area contributed by atoms with Crippen molar-refractivity contribution in [2.75, 3.05) is 5.32 Å². The van der Waals surface area contributed by atoms with Crippen molar-refractivity contribution in [3.05, 3.63) is 29.3 Å². The predicted octanol–water partition coefficient (Wildman–Crippen LogP) is 4.40. The van der Waals surface area contributed by atoms with Crippen molar-refractivity contribution in [2.24, 2.45) is 5.73 Å². The van der Waals surface area contributed by atoms with Crippen molar-refractivity contribution in [2.45, 2.75) is 58.9 Å². The highest BCUT2D eigenvalue weighted by atomic mass is 32.1. The Morgan fingerprint density at radius 2 is 2.05 bits per heavy atom. The second-order valence-electron chi connectivity index (χ2n) is 5.31. The van der Waals surface area contributed by atoms with Crippen LogP contribution in [-0.4, -0.2) is 11.0 Å². The topological polar surface area (TPSA) is 38.0 Å². The van der Waals surface area contributed by atoms with Gasteiger partial charge < -0.3 is 11.1 Å². The van der Waals surface area contributed by atoms with E-state index in [2.05, 4.69) is 32.2 Å². The zero-order valence-corrected chi connectivity index (χ0v) is 13.1. The van der Waals surface area contributed by atoms with E-state index in [1.165, 1.54) is 37.7 Å². The van der Waals surface area contributed by atoms with Crippen LogP contribution in [-0.2, 0) is 0 Å². The van der Waals surface area contributed by atoms with Gasteiger partial charge >= 0.3 is 0 Å². The lowest BCUT2D eigenvalue weighted by Crippen LogP contribution is -2.19. The monoisotopic (exact) mass is 278 g/mol. The summed E-state index contributed by atoms with van der Waals surface area (Å²) in [6.07, 6.45) is 6.39. The summed E-state index contributed by atoms with van der Waals surface area (Å²) in [5.41, 5.74) is 9.00. The van der Waals surface area contributed by atoms with Gasteiger partial charge in [0.1, 0.15) is 4.99 Å². The minimum atomic E-state index is 0.451. The van der Waals surface area contributed by atoms with Crippen molar-refractivity contribution in [3.63, 3.8) is 0 Å². The van der Waals surface area contributed by atoms with Crippen LogP contribution in [0, 0.1) is 6.92 Å². The van der Waals surface area contributed by atoms with Gasteiger partial charge in [-0.15, -0.1) is 0 Å². The Kier molecular flexibility index (Phi) is 6.85. The van der Waals surface area contributed by atoms with Crippen LogP contribution in [0.1, 0.15) is 57.1 Å². The quantitative estimate of drug-likeness (QED) is 0.547. The standard InChI is InChI=1S/C16H26N2S/c1-4-5-6-7-8-13(3)18-15-11-12(2)9-10-14(15)16(17)19/h9-11,13,18H,4-8H2,1-3H3,(H2,17,19). The molecule has 0 aliphatic heterocycles. The summed E-state index contributed by atoms with van der Waals surface area (Å²) in [7, 11) is 0. The molecule has 19 heavy (non-hydrogen) atoms. The first-order chi connectivity index (χ1) is 9.04. The van der Waals surface area contributed by atoms with Crippen LogP contribution >= 0.6 is 12.2 Å². The SMILES string of the molecule is CCCCCCC(C)Nc1cc(C)ccc1C(N)=S. The van der Waals surface area contributed by atoms with Crippen molar-refractivity contribution < 1.29 is 0 Å². The molecule has 0 amide bonds. The van der Waals surface area contributed by atoms with Crippen molar-refractivity contribution >= 4 is 22.9 Å². The Labute approximate surface area is 122 Å². The van der Waals surface area contributed by atoms with Crippen LogP contribution < -0.4 is 11.1 Å².